The molecule has 0 bridgehead atoms. The summed E-state index contributed by atoms with van der Waals surface area (Å²) < 4.78 is 37.3. The van der Waals surface area contributed by atoms with Gasteiger partial charge in [0.15, 0.2) is 0 Å². The fraction of sp³-hybridized carbons (Fsp3) is 0.654. The molecule has 0 radical (unpaired) electrons. The molecule has 2 heterocycles. The van der Waals surface area contributed by atoms with Gasteiger partial charge in [0.1, 0.15) is 17.5 Å². The molecule has 0 aromatic heterocycles. The minimum atomic E-state index is -0.976. The highest BCUT2D eigenvalue weighted by Gasteiger charge is 2.52. The van der Waals surface area contributed by atoms with E-state index in [-0.39, 0.29) is 6.42 Å². The van der Waals surface area contributed by atoms with E-state index < -0.39 is 59.8 Å². The second kappa shape index (κ2) is 11.2. The van der Waals surface area contributed by atoms with Crippen LogP contribution in [0.25, 0.3) is 0 Å². The molecular formula is C26H39BFN3O7. The van der Waals surface area contributed by atoms with Crippen molar-refractivity contribution in [1.29, 1.82) is 0 Å². The van der Waals surface area contributed by atoms with E-state index in [1.807, 2.05) is 27.7 Å². The van der Waals surface area contributed by atoms with Crippen LogP contribution in [-0.4, -0.2) is 66.6 Å². The molecule has 2 amide bonds. The van der Waals surface area contributed by atoms with E-state index >= 15 is 0 Å². The summed E-state index contributed by atoms with van der Waals surface area (Å²) in [4.78, 5) is 38.4. The van der Waals surface area contributed by atoms with Crippen LogP contribution in [0, 0.1) is 5.82 Å². The van der Waals surface area contributed by atoms with Gasteiger partial charge in [-0.3, -0.25) is 9.80 Å². The summed E-state index contributed by atoms with van der Waals surface area (Å²) in [7, 11) is 0.413. The lowest BCUT2D eigenvalue weighted by Crippen LogP contribution is -2.57. The van der Waals surface area contributed by atoms with Crippen molar-refractivity contribution in [2.75, 3.05) is 13.7 Å². The summed E-state index contributed by atoms with van der Waals surface area (Å²) in [5.41, 5.74) is 1.59. The van der Waals surface area contributed by atoms with Gasteiger partial charge >= 0.3 is 19.2 Å². The molecule has 210 valence electrons. The maximum absolute atomic E-state index is 14.9. The van der Waals surface area contributed by atoms with Crippen molar-refractivity contribution in [2.24, 2.45) is 0 Å². The van der Waals surface area contributed by atoms with Gasteiger partial charge < -0.3 is 24.1 Å². The van der Waals surface area contributed by atoms with Crippen LogP contribution in [0.2, 0.25) is 0 Å². The fourth-order valence-corrected chi connectivity index (χ4v) is 4.28. The fourth-order valence-electron chi connectivity index (χ4n) is 4.28. The number of nitrogens with one attached hydrogen (secondary N) is 2. The molecule has 1 unspecified atom stereocenters. The van der Waals surface area contributed by atoms with E-state index in [0.29, 0.717) is 30.4 Å². The SMILES string of the molecule is COC(=O)[C@@H]1CCCNN1C(=O)CC(NC(=O)OC(C)(C)C)c1cc(F)cc(B2OC(C)(C)C(C)(C)O2)c1. The summed E-state index contributed by atoms with van der Waals surface area (Å²) in [6, 6.07) is 2.40. The van der Waals surface area contributed by atoms with E-state index in [1.54, 1.807) is 26.8 Å². The number of alkyl carbamates (subject to hydrolysis) is 1. The highest BCUT2D eigenvalue weighted by atomic mass is 19.1. The summed E-state index contributed by atoms with van der Waals surface area (Å²) in [5, 5.41) is 3.92. The Morgan fingerprint density at radius 2 is 1.82 bits per heavy atom. The van der Waals surface area contributed by atoms with Crippen molar-refractivity contribution < 1.29 is 37.6 Å². The predicted molar refractivity (Wildman–Crippen MR) is 139 cm³/mol. The molecular weight excluding hydrogens is 496 g/mol. The smallest absolute Gasteiger partial charge is 0.467 e. The highest BCUT2D eigenvalue weighted by molar-refractivity contribution is 6.62. The molecule has 2 atom stereocenters. The molecule has 2 aliphatic heterocycles. The predicted octanol–water partition coefficient (Wildman–Crippen LogP) is 2.75. The molecule has 2 saturated heterocycles. The lowest BCUT2D eigenvalue weighted by atomic mass is 9.77. The monoisotopic (exact) mass is 535 g/mol. The zero-order valence-electron chi connectivity index (χ0n) is 23.5. The van der Waals surface area contributed by atoms with Crippen LogP contribution >= 0.6 is 0 Å². The van der Waals surface area contributed by atoms with Crippen molar-refractivity contribution in [3.63, 3.8) is 0 Å². The largest absolute Gasteiger partial charge is 0.494 e. The molecule has 2 fully saturated rings. The molecule has 38 heavy (non-hydrogen) atoms. The van der Waals surface area contributed by atoms with Gasteiger partial charge in [-0.15, -0.1) is 0 Å². The second-order valence-electron chi connectivity index (χ2n) is 11.7. The topological polar surface area (TPSA) is 115 Å². The number of esters is 1. The number of benzene rings is 1. The standard InChI is InChI=1S/C26H39BFN3O7/c1-24(2,3)36-23(34)30-19(15-21(32)31-20(22(33)35-8)10-9-11-29-31)16-12-17(14-18(28)13-16)27-37-25(4,5)26(6,7)38-27/h12-14,19-20,29H,9-11,15H2,1-8H3,(H,30,34)/t19?,20-/m0/s1. The Kier molecular flexibility index (Phi) is 8.79. The van der Waals surface area contributed by atoms with Gasteiger partial charge in [-0.1, -0.05) is 6.07 Å². The van der Waals surface area contributed by atoms with Gasteiger partial charge in [0.25, 0.3) is 0 Å². The summed E-state index contributed by atoms with van der Waals surface area (Å²) >= 11 is 0. The Morgan fingerprint density at radius 3 is 2.39 bits per heavy atom. The third-order valence-corrected chi connectivity index (χ3v) is 6.93. The molecule has 1 aromatic carbocycles. The van der Waals surface area contributed by atoms with Crippen molar-refractivity contribution >= 4 is 30.6 Å². The van der Waals surface area contributed by atoms with E-state index in [1.165, 1.54) is 24.3 Å². The number of amides is 2. The van der Waals surface area contributed by atoms with Crippen LogP contribution in [0.4, 0.5) is 9.18 Å². The number of halogens is 1. The number of hydrogen-bond donors (Lipinski definition) is 2. The summed E-state index contributed by atoms with van der Waals surface area (Å²) in [5.74, 6) is -1.60. The minimum absolute atomic E-state index is 0.272. The van der Waals surface area contributed by atoms with Crippen molar-refractivity contribution in [1.82, 2.24) is 15.8 Å². The Hall–Kier alpha value is -2.70. The molecule has 1 aromatic rings. The summed E-state index contributed by atoms with van der Waals surface area (Å²) in [6.45, 7) is 13.2. The van der Waals surface area contributed by atoms with Crippen molar-refractivity contribution in [3.05, 3.63) is 29.6 Å². The van der Waals surface area contributed by atoms with Gasteiger partial charge in [-0.2, -0.15) is 0 Å². The van der Waals surface area contributed by atoms with Gasteiger partial charge in [0.05, 0.1) is 30.8 Å². The van der Waals surface area contributed by atoms with Crippen LogP contribution < -0.4 is 16.2 Å². The number of rotatable bonds is 6. The normalized spacial score (nSPS) is 21.6. The zero-order chi connectivity index (χ0) is 28.5. The average Bonchev–Trinajstić information content (AvgIpc) is 3.03. The Balaban J connectivity index is 1.93. The van der Waals surface area contributed by atoms with Crippen LogP contribution in [0.3, 0.4) is 0 Å². The summed E-state index contributed by atoms with van der Waals surface area (Å²) in [6.07, 6.45) is 0.0748. The first kappa shape index (κ1) is 29.9. The number of nitrogens with zero attached hydrogens (tertiary/aromatic N) is 1. The van der Waals surface area contributed by atoms with Crippen LogP contribution in [0.15, 0.2) is 18.2 Å². The molecule has 2 aliphatic rings. The first-order valence-corrected chi connectivity index (χ1v) is 12.8. The number of carbonyl (C=O) groups is 3. The number of hydrazine groups is 1. The van der Waals surface area contributed by atoms with Gasteiger partial charge in [0.2, 0.25) is 5.91 Å². The van der Waals surface area contributed by atoms with E-state index in [4.69, 9.17) is 18.8 Å². The number of methoxy groups -OCH3 is 1. The Labute approximate surface area is 224 Å². The maximum Gasteiger partial charge on any atom is 0.494 e. The molecule has 2 N–H and O–H groups in total. The van der Waals surface area contributed by atoms with Crippen molar-refractivity contribution in [2.45, 2.75) is 96.6 Å². The van der Waals surface area contributed by atoms with Crippen LogP contribution in [-0.2, 0) is 28.4 Å². The number of carbonyl (C=O) groups excluding carboxylic acids is 3. The highest BCUT2D eigenvalue weighted by Crippen LogP contribution is 2.36. The number of hydrogen-bond acceptors (Lipinski definition) is 8. The molecule has 0 spiro atoms. The molecule has 10 nitrogen and oxygen atoms in total. The van der Waals surface area contributed by atoms with Crippen molar-refractivity contribution in [3.8, 4) is 0 Å². The van der Waals surface area contributed by atoms with E-state index in [2.05, 4.69) is 10.7 Å². The minimum Gasteiger partial charge on any atom is -0.467 e. The lowest BCUT2D eigenvalue weighted by Gasteiger charge is -2.35. The molecule has 0 aliphatic carbocycles. The lowest BCUT2D eigenvalue weighted by molar-refractivity contribution is -0.158. The van der Waals surface area contributed by atoms with Gasteiger partial charge in [0, 0.05) is 6.54 Å². The van der Waals surface area contributed by atoms with Gasteiger partial charge in [-0.05, 0) is 84.5 Å². The second-order valence-corrected chi connectivity index (χ2v) is 11.7. The maximum atomic E-state index is 14.9. The first-order valence-electron chi connectivity index (χ1n) is 12.8. The van der Waals surface area contributed by atoms with Gasteiger partial charge in [-0.25, -0.2) is 19.4 Å². The van der Waals surface area contributed by atoms with Crippen LogP contribution in [0.5, 0.6) is 0 Å². The first-order chi connectivity index (χ1) is 17.5. The Bertz CT molecular complexity index is 1040. The van der Waals surface area contributed by atoms with E-state index in [9.17, 15) is 18.8 Å². The Morgan fingerprint density at radius 1 is 1.18 bits per heavy atom. The number of ether oxygens (including phenoxy) is 2. The molecule has 0 saturated carbocycles. The molecule has 12 heteroatoms. The third kappa shape index (κ3) is 7.03. The average molecular weight is 535 g/mol. The van der Waals surface area contributed by atoms with E-state index in [0.717, 1.165) is 0 Å². The molecule has 3 rings (SSSR count). The quantitative estimate of drug-likeness (QED) is 0.422. The third-order valence-electron chi connectivity index (χ3n) is 6.93. The van der Waals surface area contributed by atoms with Crippen LogP contribution in [0.1, 0.15) is 79.3 Å². The zero-order valence-corrected chi connectivity index (χ0v) is 23.5.